The van der Waals surface area contributed by atoms with Crippen molar-refractivity contribution in [2.24, 2.45) is 11.7 Å². The van der Waals surface area contributed by atoms with Crippen LogP contribution in [0.5, 0.6) is 11.5 Å². The van der Waals surface area contributed by atoms with E-state index in [1.165, 1.54) is 0 Å². The van der Waals surface area contributed by atoms with Gasteiger partial charge in [-0.3, -0.25) is 5.32 Å². The second kappa shape index (κ2) is 12.4. The number of carbonyl (C=O) groups excluding carboxylic acids is 1. The minimum absolute atomic E-state index is 0. The number of hydrogen-bond acceptors (Lipinski definition) is 5. The predicted octanol–water partition coefficient (Wildman–Crippen LogP) is 5.50. The Hall–Kier alpha value is -3.06. The summed E-state index contributed by atoms with van der Waals surface area (Å²) in [6, 6.07) is 24.2. The van der Waals surface area contributed by atoms with E-state index < -0.39 is 12.2 Å². The van der Waals surface area contributed by atoms with Gasteiger partial charge >= 0.3 is 6.09 Å². The average Bonchev–Trinajstić information content (AvgIpc) is 2.97. The number of fused-ring (bicyclic) bond motifs is 1. The second-order valence-corrected chi connectivity index (χ2v) is 8.51. The number of hydrogen-bond donors (Lipinski definition) is 3. The first-order valence-electron chi connectivity index (χ1n) is 11.3. The maximum absolute atomic E-state index is 12.3. The van der Waals surface area contributed by atoms with Gasteiger partial charge in [0.2, 0.25) is 0 Å². The van der Waals surface area contributed by atoms with E-state index in [1.807, 2.05) is 66.7 Å². The highest BCUT2D eigenvalue weighted by molar-refractivity contribution is 5.86. The van der Waals surface area contributed by atoms with Gasteiger partial charge in [0.05, 0.1) is 6.10 Å². The second-order valence-electron chi connectivity index (χ2n) is 8.51. The summed E-state index contributed by atoms with van der Waals surface area (Å²) in [4.78, 5) is 12.3. The number of aliphatic hydroxyl groups excluding tert-OH is 1. The largest absolute Gasteiger partial charge is 0.491 e. The molecule has 3 atom stereocenters. The Morgan fingerprint density at radius 1 is 1.00 bits per heavy atom. The molecule has 7 heteroatoms. The van der Waals surface area contributed by atoms with Crippen molar-refractivity contribution >= 4 is 24.2 Å². The van der Waals surface area contributed by atoms with Crippen molar-refractivity contribution in [2.45, 2.75) is 37.8 Å². The van der Waals surface area contributed by atoms with Crippen LogP contribution in [-0.2, 0) is 6.42 Å². The minimum atomic E-state index is -0.560. The number of amides is 1. The molecule has 0 radical (unpaired) electrons. The summed E-state index contributed by atoms with van der Waals surface area (Å²) in [7, 11) is 0. The molecule has 4 rings (SSSR count). The molecule has 0 fully saturated rings. The van der Waals surface area contributed by atoms with Crippen LogP contribution < -0.4 is 20.5 Å². The molecular formula is C27H31ClN2O4. The number of nitrogens with two attached hydrogens (primary N) is 1. The smallest absolute Gasteiger partial charge is 0.417 e. The molecule has 34 heavy (non-hydrogen) atoms. The number of halogens is 1. The molecule has 0 bridgehead atoms. The number of benzene rings is 3. The first-order valence-corrected chi connectivity index (χ1v) is 11.3. The molecule has 6 nitrogen and oxygen atoms in total. The van der Waals surface area contributed by atoms with Gasteiger partial charge < -0.3 is 20.3 Å². The van der Waals surface area contributed by atoms with Gasteiger partial charge in [0.1, 0.15) is 18.1 Å². The number of anilines is 1. The number of ether oxygens (including phenoxy) is 2. The van der Waals surface area contributed by atoms with Gasteiger partial charge in [-0.2, -0.15) is 0 Å². The first-order chi connectivity index (χ1) is 16.1. The molecule has 0 saturated heterocycles. The van der Waals surface area contributed by atoms with Crippen LogP contribution in [0.25, 0.3) is 0 Å². The van der Waals surface area contributed by atoms with Crippen molar-refractivity contribution < 1.29 is 19.4 Å². The lowest BCUT2D eigenvalue weighted by molar-refractivity contribution is 0.0831. The highest BCUT2D eigenvalue weighted by atomic mass is 35.5. The molecule has 4 N–H and O–H groups in total. The summed E-state index contributed by atoms with van der Waals surface area (Å²) in [6.07, 6.45) is 2.10. The molecule has 1 aliphatic rings. The molecule has 0 aliphatic heterocycles. The molecule has 1 amide bonds. The zero-order valence-corrected chi connectivity index (χ0v) is 19.7. The highest BCUT2D eigenvalue weighted by Gasteiger charge is 2.24. The molecule has 0 aromatic heterocycles. The molecular weight excluding hydrogens is 452 g/mol. The standard InChI is InChI=1S/C27H30N2O4.ClH/c28-26-14-11-19(16-22(30)18-32-23-7-3-1-4-8-23)15-20-17-21(12-13-25(20)26)29-27(31)33-24-9-5-2-6-10-24;/h1-10,12-13,17,19,22,26,30H,11,14-16,18,28H2,(H,29,31);1H/t19?,22-,26?;/m0./s1. The Balaban J connectivity index is 0.00000324. The summed E-state index contributed by atoms with van der Waals surface area (Å²) >= 11 is 0. The van der Waals surface area contributed by atoms with Crippen molar-refractivity contribution in [1.29, 1.82) is 0 Å². The fourth-order valence-corrected chi connectivity index (χ4v) is 4.31. The lowest BCUT2D eigenvalue weighted by atomic mass is 9.91. The lowest BCUT2D eigenvalue weighted by Crippen LogP contribution is -2.22. The van der Waals surface area contributed by atoms with Gasteiger partial charge in [-0.1, -0.05) is 42.5 Å². The SMILES string of the molecule is Cl.NC1CCC(C[C@H](O)COc2ccccc2)Cc2cc(NC(=O)Oc3ccccc3)ccc21. The monoisotopic (exact) mass is 482 g/mol. The summed E-state index contributed by atoms with van der Waals surface area (Å²) in [6.45, 7) is 0.256. The number of nitrogens with one attached hydrogen (secondary N) is 1. The Morgan fingerprint density at radius 2 is 1.68 bits per heavy atom. The van der Waals surface area contributed by atoms with Crippen LogP contribution in [0.3, 0.4) is 0 Å². The van der Waals surface area contributed by atoms with Crippen molar-refractivity contribution in [3.8, 4) is 11.5 Å². The topological polar surface area (TPSA) is 93.8 Å². The van der Waals surface area contributed by atoms with E-state index in [2.05, 4.69) is 5.32 Å². The number of carbonyl (C=O) groups is 1. The van der Waals surface area contributed by atoms with Gasteiger partial charge in [-0.05, 0) is 79.1 Å². The van der Waals surface area contributed by atoms with Crippen molar-refractivity contribution in [2.75, 3.05) is 11.9 Å². The Morgan fingerprint density at radius 3 is 2.38 bits per heavy atom. The minimum Gasteiger partial charge on any atom is -0.491 e. The van der Waals surface area contributed by atoms with Gasteiger partial charge in [-0.15, -0.1) is 12.4 Å². The fraction of sp³-hybridized carbons (Fsp3) is 0.296. The summed E-state index contributed by atoms with van der Waals surface area (Å²) in [5, 5.41) is 13.4. The number of rotatable bonds is 7. The molecule has 3 aromatic carbocycles. The van der Waals surface area contributed by atoms with Crippen molar-refractivity contribution in [3.05, 3.63) is 90.0 Å². The van der Waals surface area contributed by atoms with E-state index in [1.54, 1.807) is 12.1 Å². The van der Waals surface area contributed by atoms with E-state index in [4.69, 9.17) is 15.2 Å². The van der Waals surface area contributed by atoms with E-state index in [0.717, 1.165) is 36.1 Å². The van der Waals surface area contributed by atoms with E-state index >= 15 is 0 Å². The third-order valence-electron chi connectivity index (χ3n) is 5.93. The van der Waals surface area contributed by atoms with Gasteiger partial charge in [0.15, 0.2) is 0 Å². The molecule has 2 unspecified atom stereocenters. The molecule has 180 valence electrons. The van der Waals surface area contributed by atoms with Gasteiger partial charge in [0, 0.05) is 11.7 Å². The number of para-hydroxylation sites is 2. The zero-order valence-electron chi connectivity index (χ0n) is 18.9. The first kappa shape index (κ1) is 25.6. The predicted molar refractivity (Wildman–Crippen MR) is 136 cm³/mol. The molecule has 3 aromatic rings. The fourth-order valence-electron chi connectivity index (χ4n) is 4.31. The number of aliphatic hydroxyl groups is 1. The quantitative estimate of drug-likeness (QED) is 0.386. The molecule has 0 spiro atoms. The summed E-state index contributed by atoms with van der Waals surface area (Å²) in [5.41, 5.74) is 9.28. The zero-order chi connectivity index (χ0) is 23.0. The maximum Gasteiger partial charge on any atom is 0.417 e. The molecule has 0 saturated carbocycles. The van der Waals surface area contributed by atoms with E-state index in [9.17, 15) is 9.90 Å². The average molecular weight is 483 g/mol. The molecule has 1 aliphatic carbocycles. The van der Waals surface area contributed by atoms with Crippen molar-refractivity contribution in [3.63, 3.8) is 0 Å². The van der Waals surface area contributed by atoms with Crippen molar-refractivity contribution in [1.82, 2.24) is 0 Å². The molecule has 0 heterocycles. The third kappa shape index (κ3) is 7.22. The lowest BCUT2D eigenvalue weighted by Gasteiger charge is -2.19. The van der Waals surface area contributed by atoms with Gasteiger partial charge in [-0.25, -0.2) is 4.79 Å². The van der Waals surface area contributed by atoms with Crippen LogP contribution in [0.15, 0.2) is 78.9 Å². The Labute approximate surface area is 206 Å². The Bertz CT molecular complexity index is 1050. The third-order valence-corrected chi connectivity index (χ3v) is 5.93. The maximum atomic E-state index is 12.3. The van der Waals surface area contributed by atoms with Crippen LogP contribution in [0.4, 0.5) is 10.5 Å². The van der Waals surface area contributed by atoms with Crippen LogP contribution in [0.2, 0.25) is 0 Å². The van der Waals surface area contributed by atoms with Crippen LogP contribution >= 0.6 is 12.4 Å². The van der Waals surface area contributed by atoms with Gasteiger partial charge in [0.25, 0.3) is 0 Å². The van der Waals surface area contributed by atoms with Crippen LogP contribution in [-0.4, -0.2) is 23.9 Å². The normalized spacial score (nSPS) is 17.9. The van der Waals surface area contributed by atoms with Crippen LogP contribution in [0, 0.1) is 5.92 Å². The Kier molecular flexibility index (Phi) is 9.33. The van der Waals surface area contributed by atoms with Crippen LogP contribution in [0.1, 0.15) is 36.4 Å². The highest BCUT2D eigenvalue weighted by Crippen LogP contribution is 2.33. The van der Waals surface area contributed by atoms with E-state index in [-0.39, 0.29) is 31.0 Å². The summed E-state index contributed by atoms with van der Waals surface area (Å²) < 4.78 is 11.0. The van der Waals surface area contributed by atoms with E-state index in [0.29, 0.717) is 17.9 Å². The summed E-state index contributed by atoms with van der Waals surface area (Å²) in [5.74, 6) is 1.51.